The Bertz CT molecular complexity index is 1020. The van der Waals surface area contributed by atoms with Gasteiger partial charge in [-0.15, -0.1) is 5.10 Å². The van der Waals surface area contributed by atoms with Crippen LogP contribution >= 0.6 is 23.2 Å². The van der Waals surface area contributed by atoms with Crippen LogP contribution in [0.3, 0.4) is 0 Å². The third-order valence-corrected chi connectivity index (χ3v) is 4.26. The first-order chi connectivity index (χ1) is 12.7. The minimum absolute atomic E-state index is 0.0292. The minimum atomic E-state index is -4.64. The summed E-state index contributed by atoms with van der Waals surface area (Å²) in [6.45, 7) is 1.61. The summed E-state index contributed by atoms with van der Waals surface area (Å²) in [6.07, 6.45) is -4.64. The van der Waals surface area contributed by atoms with Gasteiger partial charge in [0.2, 0.25) is 0 Å². The lowest BCUT2D eigenvalue weighted by molar-refractivity contribution is -0.137. The number of nitrogens with zero attached hydrogens (tertiary/aromatic N) is 3. The first-order valence-corrected chi connectivity index (χ1v) is 8.29. The zero-order valence-electron chi connectivity index (χ0n) is 13.7. The smallest absolute Gasteiger partial charge is 0.321 e. The van der Waals surface area contributed by atoms with Crippen LogP contribution in [0.4, 0.5) is 18.9 Å². The van der Waals surface area contributed by atoms with Crippen LogP contribution in [0.25, 0.3) is 5.69 Å². The maximum absolute atomic E-state index is 12.9. The van der Waals surface area contributed by atoms with Crippen molar-refractivity contribution in [3.63, 3.8) is 0 Å². The summed E-state index contributed by atoms with van der Waals surface area (Å²) >= 11 is 11.5. The van der Waals surface area contributed by atoms with E-state index < -0.39 is 22.7 Å². The van der Waals surface area contributed by atoms with Gasteiger partial charge >= 0.3 is 6.18 Å². The van der Waals surface area contributed by atoms with E-state index in [1.165, 1.54) is 10.7 Å². The van der Waals surface area contributed by atoms with E-state index in [0.29, 0.717) is 16.4 Å². The van der Waals surface area contributed by atoms with Gasteiger partial charge in [0, 0.05) is 10.7 Å². The fraction of sp³-hybridized carbons (Fsp3) is 0.118. The molecule has 5 nitrogen and oxygen atoms in total. The molecule has 0 spiro atoms. The minimum Gasteiger partial charge on any atom is -0.321 e. The summed E-state index contributed by atoms with van der Waals surface area (Å²) in [4.78, 5) is 12.4. The molecular formula is C17H11Cl2F3N4O. The molecule has 3 aromatic rings. The molecule has 2 aromatic carbocycles. The Morgan fingerprint density at radius 3 is 2.56 bits per heavy atom. The molecule has 1 N–H and O–H groups in total. The van der Waals surface area contributed by atoms with Crippen LogP contribution in [0.1, 0.15) is 21.7 Å². The Kier molecular flexibility index (Phi) is 5.12. The number of nitrogens with one attached hydrogen (secondary N) is 1. The predicted octanol–water partition coefficient (Wildman–Crippen LogP) is 5.15. The maximum atomic E-state index is 12.9. The first-order valence-electron chi connectivity index (χ1n) is 7.53. The maximum Gasteiger partial charge on any atom is 0.417 e. The van der Waals surface area contributed by atoms with E-state index >= 15 is 0 Å². The van der Waals surface area contributed by atoms with Gasteiger partial charge in [-0.3, -0.25) is 4.79 Å². The van der Waals surface area contributed by atoms with Crippen LogP contribution < -0.4 is 5.32 Å². The molecule has 0 aliphatic rings. The van der Waals surface area contributed by atoms with Crippen molar-refractivity contribution >= 4 is 34.8 Å². The Hall–Kier alpha value is -2.58. The van der Waals surface area contributed by atoms with Crippen LogP contribution in [0.2, 0.25) is 10.0 Å². The van der Waals surface area contributed by atoms with Crippen molar-refractivity contribution in [3.05, 3.63) is 69.5 Å². The van der Waals surface area contributed by atoms with Crippen molar-refractivity contribution in [2.45, 2.75) is 13.1 Å². The number of carbonyl (C=O) groups is 1. The van der Waals surface area contributed by atoms with Crippen LogP contribution in [0.15, 0.2) is 42.5 Å². The topological polar surface area (TPSA) is 59.8 Å². The Balaban J connectivity index is 1.88. The normalized spacial score (nSPS) is 11.5. The number of alkyl halides is 3. The molecule has 0 bridgehead atoms. The van der Waals surface area contributed by atoms with Gasteiger partial charge < -0.3 is 5.32 Å². The highest BCUT2D eigenvalue weighted by atomic mass is 35.5. The van der Waals surface area contributed by atoms with Crippen LogP contribution in [-0.4, -0.2) is 20.9 Å². The largest absolute Gasteiger partial charge is 0.417 e. The van der Waals surface area contributed by atoms with E-state index in [-0.39, 0.29) is 11.4 Å². The number of amides is 1. The second-order valence-electron chi connectivity index (χ2n) is 5.56. The summed E-state index contributed by atoms with van der Waals surface area (Å²) in [5, 5.41) is 10.1. The van der Waals surface area contributed by atoms with Crippen LogP contribution in [-0.2, 0) is 6.18 Å². The van der Waals surface area contributed by atoms with Gasteiger partial charge in [0.05, 0.1) is 22.0 Å². The van der Waals surface area contributed by atoms with E-state index in [4.69, 9.17) is 23.2 Å². The van der Waals surface area contributed by atoms with E-state index in [1.807, 2.05) is 0 Å². The lowest BCUT2D eigenvalue weighted by Crippen LogP contribution is -2.15. The molecule has 0 fully saturated rings. The molecule has 0 saturated heterocycles. The van der Waals surface area contributed by atoms with Crippen molar-refractivity contribution in [2.24, 2.45) is 0 Å². The van der Waals surface area contributed by atoms with Gasteiger partial charge in [-0.25, -0.2) is 4.68 Å². The molecule has 0 radical (unpaired) electrons. The molecule has 1 aromatic heterocycles. The standard InChI is InChI=1S/C17H11Cl2F3N4O/c1-9-15(24-25-26(9)12-4-2-3-10(18)7-12)16(27)23-11-5-6-14(19)13(8-11)17(20,21)22/h2-8H,1H3,(H,23,27). The number of carbonyl (C=O) groups excluding carboxylic acids is 1. The molecule has 0 atom stereocenters. The summed E-state index contributed by atoms with van der Waals surface area (Å²) in [6, 6.07) is 9.86. The van der Waals surface area contributed by atoms with Gasteiger partial charge in [0.25, 0.3) is 5.91 Å². The second kappa shape index (κ2) is 7.21. The Labute approximate surface area is 161 Å². The number of hydrogen-bond acceptors (Lipinski definition) is 3. The van der Waals surface area contributed by atoms with E-state index in [2.05, 4.69) is 15.6 Å². The zero-order valence-corrected chi connectivity index (χ0v) is 15.2. The summed E-state index contributed by atoms with van der Waals surface area (Å²) in [7, 11) is 0. The van der Waals surface area contributed by atoms with E-state index in [9.17, 15) is 18.0 Å². The number of halogens is 5. The monoisotopic (exact) mass is 414 g/mol. The average molecular weight is 415 g/mol. The lowest BCUT2D eigenvalue weighted by atomic mass is 10.2. The number of aromatic nitrogens is 3. The fourth-order valence-electron chi connectivity index (χ4n) is 2.40. The van der Waals surface area contributed by atoms with Gasteiger partial charge in [0.15, 0.2) is 5.69 Å². The highest BCUT2D eigenvalue weighted by Gasteiger charge is 2.33. The number of anilines is 1. The second-order valence-corrected chi connectivity index (χ2v) is 6.41. The zero-order chi connectivity index (χ0) is 19.8. The fourth-order valence-corrected chi connectivity index (χ4v) is 2.81. The van der Waals surface area contributed by atoms with E-state index in [1.54, 1.807) is 31.2 Å². The van der Waals surface area contributed by atoms with Crippen molar-refractivity contribution in [1.82, 2.24) is 15.0 Å². The van der Waals surface area contributed by atoms with Crippen molar-refractivity contribution in [3.8, 4) is 5.69 Å². The van der Waals surface area contributed by atoms with Crippen molar-refractivity contribution in [2.75, 3.05) is 5.32 Å². The highest BCUT2D eigenvalue weighted by molar-refractivity contribution is 6.31. The summed E-state index contributed by atoms with van der Waals surface area (Å²) in [5.74, 6) is -0.698. The number of benzene rings is 2. The molecule has 1 amide bonds. The molecule has 0 aliphatic carbocycles. The van der Waals surface area contributed by atoms with Gasteiger partial charge in [0.1, 0.15) is 0 Å². The molecule has 0 saturated carbocycles. The lowest BCUT2D eigenvalue weighted by Gasteiger charge is -2.11. The SMILES string of the molecule is Cc1c(C(=O)Nc2ccc(Cl)c(C(F)(F)F)c2)nnn1-c1cccc(Cl)c1. The molecule has 0 aliphatic heterocycles. The molecule has 140 valence electrons. The first kappa shape index (κ1) is 19.2. The third kappa shape index (κ3) is 4.06. The molecule has 10 heteroatoms. The van der Waals surface area contributed by atoms with Crippen LogP contribution in [0, 0.1) is 6.92 Å². The quantitative estimate of drug-likeness (QED) is 0.644. The summed E-state index contributed by atoms with van der Waals surface area (Å²) in [5.41, 5.74) is -0.134. The predicted molar refractivity (Wildman–Crippen MR) is 95.5 cm³/mol. The van der Waals surface area contributed by atoms with Crippen molar-refractivity contribution in [1.29, 1.82) is 0 Å². The number of rotatable bonds is 3. The van der Waals surface area contributed by atoms with Crippen molar-refractivity contribution < 1.29 is 18.0 Å². The molecule has 0 unspecified atom stereocenters. The molecule has 27 heavy (non-hydrogen) atoms. The summed E-state index contributed by atoms with van der Waals surface area (Å²) < 4.78 is 40.2. The molecule has 3 rings (SSSR count). The molecule has 1 heterocycles. The van der Waals surface area contributed by atoms with E-state index in [0.717, 1.165) is 12.1 Å². The Morgan fingerprint density at radius 2 is 1.89 bits per heavy atom. The van der Waals surface area contributed by atoms with Crippen LogP contribution in [0.5, 0.6) is 0 Å². The number of hydrogen-bond donors (Lipinski definition) is 1. The Morgan fingerprint density at radius 1 is 1.15 bits per heavy atom. The molecular weight excluding hydrogens is 404 g/mol. The third-order valence-electron chi connectivity index (χ3n) is 3.69. The average Bonchev–Trinajstić information content (AvgIpc) is 2.97. The van der Waals surface area contributed by atoms with Gasteiger partial charge in [-0.05, 0) is 43.3 Å². The highest BCUT2D eigenvalue weighted by Crippen LogP contribution is 2.36. The van der Waals surface area contributed by atoms with Gasteiger partial charge in [-0.2, -0.15) is 13.2 Å². The van der Waals surface area contributed by atoms with Gasteiger partial charge in [-0.1, -0.05) is 34.5 Å².